The van der Waals surface area contributed by atoms with Gasteiger partial charge >= 0.3 is 6.18 Å². The third-order valence-corrected chi connectivity index (χ3v) is 5.42. The van der Waals surface area contributed by atoms with E-state index in [1.807, 2.05) is 0 Å². The Bertz CT molecular complexity index is 1080. The standard InChI is InChI=1S/C21H23F3N4O3/c1-3-28-8-4-5-13(11-28)25-20-27-19-16(31-20)7-6-14(26-19)18-15(29)9-12(21(22,23)24)10-17(18)30-2/h6-7,9-10,13,29H,3-5,8,11H2,1-2H3,(H,25,26,27)/t13-/m1/s1. The van der Waals surface area contributed by atoms with E-state index in [9.17, 15) is 18.3 Å². The number of phenolic OH excluding ortho intramolecular Hbond substituents is 1. The van der Waals surface area contributed by atoms with E-state index < -0.39 is 17.5 Å². The lowest BCUT2D eigenvalue weighted by atomic mass is 10.0. The zero-order chi connectivity index (χ0) is 22.2. The summed E-state index contributed by atoms with van der Waals surface area (Å²) in [6.45, 7) is 5.07. The van der Waals surface area contributed by atoms with Crippen LogP contribution >= 0.6 is 0 Å². The number of ether oxygens (including phenoxy) is 1. The molecular formula is C21H23F3N4O3. The molecule has 0 bridgehead atoms. The van der Waals surface area contributed by atoms with Gasteiger partial charge in [-0.05, 0) is 50.2 Å². The fraction of sp³-hybridized carbons (Fsp3) is 0.429. The summed E-state index contributed by atoms with van der Waals surface area (Å²) in [4.78, 5) is 11.1. The third kappa shape index (κ3) is 4.39. The molecule has 7 nitrogen and oxygen atoms in total. The largest absolute Gasteiger partial charge is 0.507 e. The highest BCUT2D eigenvalue weighted by atomic mass is 19.4. The highest BCUT2D eigenvalue weighted by molar-refractivity contribution is 5.80. The van der Waals surface area contributed by atoms with Crippen molar-refractivity contribution >= 4 is 17.2 Å². The van der Waals surface area contributed by atoms with E-state index in [-0.39, 0.29) is 28.7 Å². The van der Waals surface area contributed by atoms with E-state index in [0.29, 0.717) is 17.7 Å². The first-order chi connectivity index (χ1) is 14.8. The number of pyridine rings is 1. The molecule has 1 saturated heterocycles. The highest BCUT2D eigenvalue weighted by Crippen LogP contribution is 2.42. The van der Waals surface area contributed by atoms with E-state index in [0.717, 1.165) is 38.5 Å². The molecule has 1 aliphatic rings. The molecule has 4 rings (SSSR count). The number of methoxy groups -OCH3 is 1. The molecule has 1 aliphatic heterocycles. The molecule has 0 saturated carbocycles. The molecule has 0 amide bonds. The summed E-state index contributed by atoms with van der Waals surface area (Å²) >= 11 is 0. The van der Waals surface area contributed by atoms with Crippen LogP contribution in [0.4, 0.5) is 19.2 Å². The Hall–Kier alpha value is -3.01. The van der Waals surface area contributed by atoms with Crippen molar-refractivity contribution < 1.29 is 27.4 Å². The normalized spacial score (nSPS) is 17.8. The average molecular weight is 436 g/mol. The Labute approximate surface area is 176 Å². The fourth-order valence-electron chi connectivity index (χ4n) is 3.84. The van der Waals surface area contributed by atoms with Gasteiger partial charge in [0.05, 0.1) is 23.9 Å². The van der Waals surface area contributed by atoms with Crippen LogP contribution in [0.3, 0.4) is 0 Å². The van der Waals surface area contributed by atoms with Gasteiger partial charge in [-0.15, -0.1) is 0 Å². The van der Waals surface area contributed by atoms with Crippen molar-refractivity contribution in [2.24, 2.45) is 0 Å². The summed E-state index contributed by atoms with van der Waals surface area (Å²) < 4.78 is 50.0. The number of halogens is 3. The number of alkyl halides is 3. The van der Waals surface area contributed by atoms with E-state index >= 15 is 0 Å². The van der Waals surface area contributed by atoms with Crippen LogP contribution in [-0.4, -0.2) is 52.8 Å². The van der Waals surface area contributed by atoms with Crippen molar-refractivity contribution in [3.63, 3.8) is 0 Å². The molecule has 31 heavy (non-hydrogen) atoms. The number of piperidine rings is 1. The van der Waals surface area contributed by atoms with Crippen LogP contribution in [-0.2, 0) is 6.18 Å². The molecule has 3 heterocycles. The number of rotatable bonds is 5. The Balaban J connectivity index is 1.64. The smallest absolute Gasteiger partial charge is 0.416 e. The van der Waals surface area contributed by atoms with Gasteiger partial charge in [0.15, 0.2) is 5.58 Å². The summed E-state index contributed by atoms with van der Waals surface area (Å²) in [5.74, 6) is -0.717. The van der Waals surface area contributed by atoms with Crippen LogP contribution in [0, 0.1) is 0 Å². The number of hydrogen-bond donors (Lipinski definition) is 2. The molecule has 1 fully saturated rings. The van der Waals surface area contributed by atoms with Crippen LogP contribution in [0.5, 0.6) is 11.5 Å². The van der Waals surface area contributed by atoms with E-state index in [1.165, 1.54) is 7.11 Å². The Morgan fingerprint density at radius 2 is 2.10 bits per heavy atom. The van der Waals surface area contributed by atoms with Crippen LogP contribution in [0.15, 0.2) is 28.7 Å². The van der Waals surface area contributed by atoms with Gasteiger partial charge in [0.1, 0.15) is 11.5 Å². The summed E-state index contributed by atoms with van der Waals surface area (Å²) in [5, 5.41) is 13.6. The number of fused-ring (bicyclic) bond motifs is 1. The van der Waals surface area contributed by atoms with Crippen molar-refractivity contribution in [2.45, 2.75) is 32.0 Å². The molecule has 10 heteroatoms. The number of likely N-dealkylation sites (N-methyl/N-ethyl adjacent to an activating group) is 1. The minimum absolute atomic E-state index is 0.0563. The minimum Gasteiger partial charge on any atom is -0.507 e. The van der Waals surface area contributed by atoms with Crippen molar-refractivity contribution in [2.75, 3.05) is 32.1 Å². The second-order valence-corrected chi connectivity index (χ2v) is 7.48. The van der Waals surface area contributed by atoms with Gasteiger partial charge in [-0.2, -0.15) is 18.2 Å². The number of phenols is 1. The van der Waals surface area contributed by atoms with Gasteiger partial charge in [-0.1, -0.05) is 6.92 Å². The lowest BCUT2D eigenvalue weighted by molar-refractivity contribution is -0.137. The van der Waals surface area contributed by atoms with Gasteiger partial charge in [-0.25, -0.2) is 4.98 Å². The van der Waals surface area contributed by atoms with Crippen LogP contribution in [0.2, 0.25) is 0 Å². The Morgan fingerprint density at radius 3 is 2.81 bits per heavy atom. The van der Waals surface area contributed by atoms with Crippen LogP contribution < -0.4 is 10.1 Å². The SMILES string of the molecule is CCN1CCC[C@@H](Nc2nc3nc(-c4c(O)cc(C(F)(F)F)cc4OC)ccc3o2)C1. The topological polar surface area (TPSA) is 83.7 Å². The summed E-state index contributed by atoms with van der Waals surface area (Å²) in [6.07, 6.45) is -2.52. The number of oxazole rings is 1. The predicted octanol–water partition coefficient (Wildman–Crippen LogP) is 4.52. The Morgan fingerprint density at radius 1 is 1.29 bits per heavy atom. The maximum atomic E-state index is 13.1. The molecule has 2 aromatic heterocycles. The fourth-order valence-corrected chi connectivity index (χ4v) is 3.84. The highest BCUT2D eigenvalue weighted by Gasteiger charge is 2.33. The second kappa shape index (κ2) is 8.26. The summed E-state index contributed by atoms with van der Waals surface area (Å²) in [7, 11) is 1.23. The first kappa shape index (κ1) is 21.2. The average Bonchev–Trinajstić information content (AvgIpc) is 3.13. The van der Waals surface area contributed by atoms with Crippen molar-refractivity contribution in [1.29, 1.82) is 0 Å². The van der Waals surface area contributed by atoms with Crippen LogP contribution in [0.25, 0.3) is 22.5 Å². The number of nitrogens with zero attached hydrogens (tertiary/aromatic N) is 3. The van der Waals surface area contributed by atoms with Crippen molar-refractivity contribution in [1.82, 2.24) is 14.9 Å². The lowest BCUT2D eigenvalue weighted by Crippen LogP contribution is -2.41. The molecule has 0 aliphatic carbocycles. The van der Waals surface area contributed by atoms with E-state index in [4.69, 9.17) is 9.15 Å². The number of anilines is 1. The summed E-state index contributed by atoms with van der Waals surface area (Å²) in [5.41, 5.74) is -0.0106. The van der Waals surface area contributed by atoms with Gasteiger partial charge in [0.25, 0.3) is 6.01 Å². The van der Waals surface area contributed by atoms with Gasteiger partial charge in [0, 0.05) is 12.6 Å². The predicted molar refractivity (Wildman–Crippen MR) is 109 cm³/mol. The second-order valence-electron chi connectivity index (χ2n) is 7.48. The minimum atomic E-state index is -4.61. The zero-order valence-corrected chi connectivity index (χ0v) is 17.2. The first-order valence-corrected chi connectivity index (χ1v) is 10.0. The van der Waals surface area contributed by atoms with Crippen LogP contribution in [0.1, 0.15) is 25.3 Å². The molecular weight excluding hydrogens is 413 g/mol. The molecule has 2 N–H and O–H groups in total. The maximum absolute atomic E-state index is 13.1. The lowest BCUT2D eigenvalue weighted by Gasteiger charge is -2.31. The molecule has 166 valence electrons. The zero-order valence-electron chi connectivity index (χ0n) is 17.2. The number of nitrogens with one attached hydrogen (secondary N) is 1. The van der Waals surface area contributed by atoms with Gasteiger partial charge in [0.2, 0.25) is 5.65 Å². The van der Waals surface area contributed by atoms with Crippen molar-refractivity contribution in [3.8, 4) is 22.8 Å². The van der Waals surface area contributed by atoms with E-state index in [2.05, 4.69) is 27.1 Å². The molecule has 0 radical (unpaired) electrons. The van der Waals surface area contributed by atoms with Gasteiger partial charge in [-0.3, -0.25) is 0 Å². The third-order valence-electron chi connectivity index (χ3n) is 5.42. The monoisotopic (exact) mass is 436 g/mol. The number of aromatic hydroxyl groups is 1. The molecule has 0 spiro atoms. The number of hydrogen-bond acceptors (Lipinski definition) is 7. The molecule has 3 aromatic rings. The molecule has 1 atom stereocenters. The van der Waals surface area contributed by atoms with E-state index in [1.54, 1.807) is 12.1 Å². The van der Waals surface area contributed by atoms with Crippen molar-refractivity contribution in [3.05, 3.63) is 29.8 Å². The summed E-state index contributed by atoms with van der Waals surface area (Å²) in [6, 6.07) is 5.20. The number of benzene rings is 1. The molecule has 1 aromatic carbocycles. The number of likely N-dealkylation sites (tertiary alicyclic amines) is 1. The Kier molecular flexibility index (Phi) is 5.65. The quantitative estimate of drug-likeness (QED) is 0.608. The first-order valence-electron chi connectivity index (χ1n) is 10.0. The maximum Gasteiger partial charge on any atom is 0.416 e. The number of aromatic nitrogens is 2. The van der Waals surface area contributed by atoms with Gasteiger partial charge < -0.3 is 24.5 Å². The molecule has 0 unspecified atom stereocenters.